The highest BCUT2D eigenvalue weighted by Crippen LogP contribution is 1.96. The molecular formula is C11H22N2O4. The van der Waals surface area contributed by atoms with E-state index in [-0.39, 0.29) is 5.91 Å². The van der Waals surface area contributed by atoms with Gasteiger partial charge in [0.25, 0.3) is 0 Å². The summed E-state index contributed by atoms with van der Waals surface area (Å²) in [5.41, 5.74) is 0. The summed E-state index contributed by atoms with van der Waals surface area (Å²) < 4.78 is 9.63. The Labute approximate surface area is 102 Å². The maximum atomic E-state index is 11.5. The summed E-state index contributed by atoms with van der Waals surface area (Å²) in [6, 6.07) is -0.630. The third-order valence-electron chi connectivity index (χ3n) is 2.36. The molecule has 6 nitrogen and oxygen atoms in total. The van der Waals surface area contributed by atoms with Crippen LogP contribution in [0.3, 0.4) is 0 Å². The first-order valence-electron chi connectivity index (χ1n) is 5.61. The van der Waals surface area contributed by atoms with Crippen LogP contribution in [0.4, 0.5) is 0 Å². The number of nitrogens with zero attached hydrogens (tertiary/aromatic N) is 1. The molecular weight excluding hydrogens is 224 g/mol. The molecule has 0 radical (unpaired) electrons. The molecule has 0 aliphatic rings. The minimum absolute atomic E-state index is 0.247. The van der Waals surface area contributed by atoms with Crippen LogP contribution in [0.25, 0.3) is 0 Å². The molecule has 0 aliphatic carbocycles. The lowest BCUT2D eigenvalue weighted by Gasteiger charge is -2.25. The quantitative estimate of drug-likeness (QED) is 0.592. The molecule has 0 bridgehead atoms. The molecule has 0 fully saturated rings. The SMILES string of the molecule is CCN(CCOC)CC(NC(C)=O)C(=O)OC. The third-order valence-corrected chi connectivity index (χ3v) is 2.36. The summed E-state index contributed by atoms with van der Waals surface area (Å²) >= 11 is 0. The zero-order valence-corrected chi connectivity index (χ0v) is 11.0. The predicted molar refractivity (Wildman–Crippen MR) is 63.6 cm³/mol. The molecule has 1 N–H and O–H groups in total. The fraction of sp³-hybridized carbons (Fsp3) is 0.818. The van der Waals surface area contributed by atoms with E-state index >= 15 is 0 Å². The maximum Gasteiger partial charge on any atom is 0.329 e. The Kier molecular flexibility index (Phi) is 8.35. The third kappa shape index (κ3) is 6.91. The summed E-state index contributed by atoms with van der Waals surface area (Å²) in [7, 11) is 2.93. The lowest BCUT2D eigenvalue weighted by molar-refractivity contribution is -0.145. The number of carbonyl (C=O) groups excluding carboxylic acids is 2. The number of likely N-dealkylation sites (N-methyl/N-ethyl adjacent to an activating group) is 1. The molecule has 0 aromatic carbocycles. The zero-order chi connectivity index (χ0) is 13.3. The van der Waals surface area contributed by atoms with E-state index in [4.69, 9.17) is 4.74 Å². The van der Waals surface area contributed by atoms with Crippen LogP contribution >= 0.6 is 0 Å². The Morgan fingerprint density at radius 2 is 2.00 bits per heavy atom. The van der Waals surface area contributed by atoms with Crippen LogP contribution in [0.2, 0.25) is 0 Å². The Hall–Kier alpha value is -1.14. The first kappa shape index (κ1) is 15.9. The van der Waals surface area contributed by atoms with Gasteiger partial charge in [0.2, 0.25) is 5.91 Å². The van der Waals surface area contributed by atoms with Crippen molar-refractivity contribution in [3.8, 4) is 0 Å². The highest BCUT2D eigenvalue weighted by atomic mass is 16.5. The Balaban J connectivity index is 4.37. The van der Waals surface area contributed by atoms with Crippen LogP contribution in [0.5, 0.6) is 0 Å². The summed E-state index contributed by atoms with van der Waals surface area (Å²) in [5, 5.41) is 2.58. The molecule has 1 atom stereocenters. The van der Waals surface area contributed by atoms with Gasteiger partial charge in [-0.25, -0.2) is 4.79 Å². The number of methoxy groups -OCH3 is 2. The molecule has 17 heavy (non-hydrogen) atoms. The van der Waals surface area contributed by atoms with E-state index in [1.807, 2.05) is 11.8 Å². The molecule has 0 heterocycles. The van der Waals surface area contributed by atoms with Crippen molar-refractivity contribution < 1.29 is 19.1 Å². The topological polar surface area (TPSA) is 67.9 Å². The van der Waals surface area contributed by atoms with Gasteiger partial charge in [-0.2, -0.15) is 0 Å². The number of nitrogens with one attached hydrogen (secondary N) is 1. The molecule has 1 unspecified atom stereocenters. The Bertz CT molecular complexity index is 246. The molecule has 0 saturated carbocycles. The van der Waals surface area contributed by atoms with Crippen molar-refractivity contribution >= 4 is 11.9 Å². The van der Waals surface area contributed by atoms with Crippen LogP contribution < -0.4 is 5.32 Å². The highest BCUT2D eigenvalue weighted by molar-refractivity contribution is 5.83. The molecule has 6 heteroatoms. The molecule has 100 valence electrons. The number of ether oxygens (including phenoxy) is 2. The zero-order valence-electron chi connectivity index (χ0n) is 11.0. The standard InChI is InChI=1S/C11H22N2O4/c1-5-13(6-7-16-3)8-10(11(15)17-4)12-9(2)14/h10H,5-8H2,1-4H3,(H,12,14). The molecule has 0 spiro atoms. The van der Waals surface area contributed by atoms with Gasteiger partial charge in [-0.1, -0.05) is 6.92 Å². The van der Waals surface area contributed by atoms with E-state index < -0.39 is 12.0 Å². The summed E-state index contributed by atoms with van der Waals surface area (Å²) in [6.07, 6.45) is 0. The van der Waals surface area contributed by atoms with Gasteiger partial charge in [-0.3, -0.25) is 9.69 Å². The number of esters is 1. The average Bonchev–Trinajstić information content (AvgIpc) is 2.31. The van der Waals surface area contributed by atoms with Gasteiger partial charge in [-0.05, 0) is 6.54 Å². The summed E-state index contributed by atoms with van der Waals surface area (Å²) in [5.74, 6) is -0.681. The second-order valence-electron chi connectivity index (χ2n) is 3.66. The highest BCUT2D eigenvalue weighted by Gasteiger charge is 2.22. The van der Waals surface area contributed by atoms with Gasteiger partial charge in [0.15, 0.2) is 0 Å². The van der Waals surface area contributed by atoms with E-state index in [1.165, 1.54) is 14.0 Å². The van der Waals surface area contributed by atoms with Gasteiger partial charge in [0.05, 0.1) is 13.7 Å². The van der Waals surface area contributed by atoms with Crippen molar-refractivity contribution in [3.05, 3.63) is 0 Å². The van der Waals surface area contributed by atoms with Crippen molar-refractivity contribution in [2.45, 2.75) is 19.9 Å². The van der Waals surface area contributed by atoms with Crippen molar-refractivity contribution in [3.63, 3.8) is 0 Å². The Morgan fingerprint density at radius 3 is 2.41 bits per heavy atom. The smallest absolute Gasteiger partial charge is 0.329 e. The Morgan fingerprint density at radius 1 is 1.35 bits per heavy atom. The summed E-state index contributed by atoms with van der Waals surface area (Å²) in [4.78, 5) is 24.5. The molecule has 0 aromatic rings. The first-order valence-corrected chi connectivity index (χ1v) is 5.61. The van der Waals surface area contributed by atoms with Crippen molar-refractivity contribution in [2.24, 2.45) is 0 Å². The monoisotopic (exact) mass is 246 g/mol. The maximum absolute atomic E-state index is 11.5. The van der Waals surface area contributed by atoms with Crippen LogP contribution in [-0.2, 0) is 19.1 Å². The van der Waals surface area contributed by atoms with Gasteiger partial charge >= 0.3 is 5.97 Å². The normalized spacial score (nSPS) is 12.3. The summed E-state index contributed by atoms with van der Waals surface area (Å²) in [6.45, 7) is 5.85. The van der Waals surface area contributed by atoms with E-state index in [0.29, 0.717) is 19.7 Å². The van der Waals surface area contributed by atoms with E-state index in [0.717, 1.165) is 6.54 Å². The van der Waals surface area contributed by atoms with Crippen LogP contribution in [0.15, 0.2) is 0 Å². The second kappa shape index (κ2) is 8.95. The molecule has 0 rings (SSSR count). The van der Waals surface area contributed by atoms with Crippen molar-refractivity contribution in [1.29, 1.82) is 0 Å². The second-order valence-corrected chi connectivity index (χ2v) is 3.66. The number of carbonyl (C=O) groups is 2. The predicted octanol–water partition coefficient (Wildman–Crippen LogP) is -0.368. The van der Waals surface area contributed by atoms with E-state index in [1.54, 1.807) is 7.11 Å². The van der Waals surface area contributed by atoms with Crippen LogP contribution in [0, 0.1) is 0 Å². The van der Waals surface area contributed by atoms with E-state index in [2.05, 4.69) is 10.1 Å². The largest absolute Gasteiger partial charge is 0.467 e. The first-order chi connectivity index (χ1) is 8.04. The van der Waals surface area contributed by atoms with E-state index in [9.17, 15) is 9.59 Å². The fourth-order valence-corrected chi connectivity index (χ4v) is 1.42. The minimum atomic E-state index is -0.630. The van der Waals surface area contributed by atoms with Crippen molar-refractivity contribution in [2.75, 3.05) is 40.5 Å². The van der Waals surface area contributed by atoms with Crippen molar-refractivity contribution in [1.82, 2.24) is 10.2 Å². The van der Waals surface area contributed by atoms with Gasteiger partial charge in [0, 0.05) is 27.1 Å². The molecule has 1 amide bonds. The van der Waals surface area contributed by atoms with Crippen LogP contribution in [0.1, 0.15) is 13.8 Å². The van der Waals surface area contributed by atoms with Gasteiger partial charge in [0.1, 0.15) is 6.04 Å². The molecule has 0 aromatic heterocycles. The molecule has 0 saturated heterocycles. The fourth-order valence-electron chi connectivity index (χ4n) is 1.42. The average molecular weight is 246 g/mol. The lowest BCUT2D eigenvalue weighted by atomic mass is 10.2. The number of hydrogen-bond donors (Lipinski definition) is 1. The number of amides is 1. The number of hydrogen-bond acceptors (Lipinski definition) is 5. The van der Waals surface area contributed by atoms with Gasteiger partial charge < -0.3 is 14.8 Å². The minimum Gasteiger partial charge on any atom is -0.467 e. The van der Waals surface area contributed by atoms with Crippen LogP contribution in [-0.4, -0.2) is 63.3 Å². The lowest BCUT2D eigenvalue weighted by Crippen LogP contribution is -2.49. The van der Waals surface area contributed by atoms with Gasteiger partial charge in [-0.15, -0.1) is 0 Å². The molecule has 0 aliphatic heterocycles. The number of rotatable bonds is 8.